The van der Waals surface area contributed by atoms with Gasteiger partial charge in [-0.2, -0.15) is 4.98 Å². The molecule has 7 heteroatoms. The second-order valence-corrected chi connectivity index (χ2v) is 8.51. The summed E-state index contributed by atoms with van der Waals surface area (Å²) in [7, 11) is 0. The molecule has 32 heavy (non-hydrogen) atoms. The number of hydrogen-bond donors (Lipinski definition) is 2. The number of anilines is 1. The van der Waals surface area contributed by atoms with E-state index >= 15 is 0 Å². The van der Waals surface area contributed by atoms with Crippen molar-refractivity contribution in [3.63, 3.8) is 0 Å². The second kappa shape index (κ2) is 9.53. The van der Waals surface area contributed by atoms with E-state index in [1.807, 2.05) is 13.8 Å². The van der Waals surface area contributed by atoms with Gasteiger partial charge in [0.1, 0.15) is 5.65 Å². The van der Waals surface area contributed by atoms with Crippen molar-refractivity contribution >= 4 is 22.7 Å². The zero-order chi connectivity index (χ0) is 22.7. The van der Waals surface area contributed by atoms with Crippen LogP contribution in [0.4, 0.5) is 5.95 Å². The highest BCUT2D eigenvalue weighted by Gasteiger charge is 2.15. The van der Waals surface area contributed by atoms with Crippen molar-refractivity contribution in [1.82, 2.24) is 24.8 Å². The van der Waals surface area contributed by atoms with Gasteiger partial charge >= 0.3 is 0 Å². The van der Waals surface area contributed by atoms with Crippen LogP contribution in [-0.2, 0) is 0 Å². The smallest absolute Gasteiger partial charge is 0.252 e. The minimum absolute atomic E-state index is 0.0235. The Hall–Kier alpha value is -3.19. The fourth-order valence-electron chi connectivity index (χ4n) is 4.26. The summed E-state index contributed by atoms with van der Waals surface area (Å²) >= 11 is 0. The number of pyridine rings is 1. The molecule has 0 unspecified atom stereocenters. The standard InChI is InChI=1S/C25H32N6O/c1-5-22(30-14-12-26-13-15-30)20-8-6-19(7-9-20)18(4)28-25-27-16-21-10-11-23(32)31(17(2)3)24(21)29-25/h5-11,16-18,26H,12-15H2,1-4H3,(H,27,28,29)/b22-5-/t18-/m0/s1. The maximum Gasteiger partial charge on any atom is 0.252 e. The number of nitrogens with zero attached hydrogens (tertiary/aromatic N) is 4. The number of hydrogen-bond acceptors (Lipinski definition) is 6. The van der Waals surface area contributed by atoms with Crippen LogP contribution in [0.3, 0.4) is 0 Å². The van der Waals surface area contributed by atoms with Crippen molar-refractivity contribution in [3.8, 4) is 0 Å². The average Bonchev–Trinajstić information content (AvgIpc) is 2.80. The Bertz CT molecular complexity index is 1160. The van der Waals surface area contributed by atoms with Crippen LogP contribution in [0.2, 0.25) is 0 Å². The van der Waals surface area contributed by atoms with Gasteiger partial charge < -0.3 is 15.5 Å². The quantitative estimate of drug-likeness (QED) is 0.617. The third kappa shape index (κ3) is 4.53. The van der Waals surface area contributed by atoms with Gasteiger partial charge in [-0.1, -0.05) is 30.3 Å². The largest absolute Gasteiger partial charge is 0.369 e. The average molecular weight is 433 g/mol. The predicted molar refractivity (Wildman–Crippen MR) is 131 cm³/mol. The summed E-state index contributed by atoms with van der Waals surface area (Å²) in [6, 6.07) is 12.1. The van der Waals surface area contributed by atoms with E-state index in [9.17, 15) is 4.79 Å². The molecule has 1 aliphatic heterocycles. The van der Waals surface area contributed by atoms with Crippen LogP contribution in [0.1, 0.15) is 50.9 Å². The van der Waals surface area contributed by atoms with Crippen LogP contribution < -0.4 is 16.2 Å². The maximum absolute atomic E-state index is 12.3. The summed E-state index contributed by atoms with van der Waals surface area (Å²) in [5.74, 6) is 0.518. The number of benzene rings is 1. The van der Waals surface area contributed by atoms with Gasteiger partial charge in [-0.3, -0.25) is 9.36 Å². The van der Waals surface area contributed by atoms with Crippen LogP contribution in [0.15, 0.2) is 53.5 Å². The van der Waals surface area contributed by atoms with E-state index in [-0.39, 0.29) is 17.6 Å². The molecule has 1 aliphatic rings. The summed E-state index contributed by atoms with van der Waals surface area (Å²) in [4.78, 5) is 23.9. The van der Waals surface area contributed by atoms with Crippen LogP contribution in [0.5, 0.6) is 0 Å². The number of nitrogens with one attached hydrogen (secondary N) is 2. The first-order chi connectivity index (χ1) is 15.5. The van der Waals surface area contributed by atoms with Crippen LogP contribution in [0, 0.1) is 0 Å². The minimum atomic E-state index is -0.0509. The molecule has 1 saturated heterocycles. The normalized spacial score (nSPS) is 15.9. The molecule has 7 nitrogen and oxygen atoms in total. The number of aromatic nitrogens is 3. The predicted octanol–water partition coefficient (Wildman–Crippen LogP) is 3.81. The number of rotatable bonds is 6. The highest BCUT2D eigenvalue weighted by molar-refractivity contribution is 5.75. The van der Waals surface area contributed by atoms with Gasteiger partial charge in [0, 0.05) is 55.6 Å². The van der Waals surface area contributed by atoms with Gasteiger partial charge in [-0.25, -0.2) is 4.98 Å². The Labute approximate surface area is 189 Å². The molecule has 2 N–H and O–H groups in total. The van der Waals surface area contributed by atoms with Crippen molar-refractivity contribution in [2.75, 3.05) is 31.5 Å². The van der Waals surface area contributed by atoms with Gasteiger partial charge in [0.2, 0.25) is 5.95 Å². The lowest BCUT2D eigenvalue weighted by molar-refractivity contribution is 0.340. The summed E-state index contributed by atoms with van der Waals surface area (Å²) in [6.45, 7) is 12.3. The van der Waals surface area contributed by atoms with E-state index in [1.165, 1.54) is 11.3 Å². The van der Waals surface area contributed by atoms with Crippen LogP contribution in [-0.4, -0.2) is 45.6 Å². The van der Waals surface area contributed by atoms with Crippen molar-refractivity contribution in [2.45, 2.75) is 39.8 Å². The molecule has 168 valence electrons. The molecule has 0 amide bonds. The molecule has 4 rings (SSSR count). The number of fused-ring (bicyclic) bond motifs is 1. The Kier molecular flexibility index (Phi) is 6.55. The van der Waals surface area contributed by atoms with Gasteiger partial charge in [-0.05, 0) is 44.9 Å². The fraction of sp³-hybridized carbons (Fsp3) is 0.400. The van der Waals surface area contributed by atoms with Gasteiger partial charge in [0.25, 0.3) is 5.56 Å². The molecule has 3 aromatic rings. The topological polar surface area (TPSA) is 75.1 Å². The maximum atomic E-state index is 12.3. The van der Waals surface area contributed by atoms with E-state index in [0.29, 0.717) is 11.6 Å². The zero-order valence-corrected chi connectivity index (χ0v) is 19.3. The van der Waals surface area contributed by atoms with Crippen LogP contribution >= 0.6 is 0 Å². The molecule has 1 fully saturated rings. The van der Waals surface area contributed by atoms with Gasteiger partial charge in [-0.15, -0.1) is 0 Å². The molecule has 0 spiro atoms. The first-order valence-electron chi connectivity index (χ1n) is 11.3. The third-order valence-electron chi connectivity index (χ3n) is 5.97. The van der Waals surface area contributed by atoms with E-state index in [0.717, 1.165) is 37.1 Å². The first-order valence-corrected chi connectivity index (χ1v) is 11.3. The molecule has 0 aliphatic carbocycles. The lowest BCUT2D eigenvalue weighted by atomic mass is 10.0. The molecule has 1 aromatic carbocycles. The van der Waals surface area contributed by atoms with E-state index in [4.69, 9.17) is 0 Å². The van der Waals surface area contributed by atoms with Gasteiger partial charge in [0.15, 0.2) is 0 Å². The monoisotopic (exact) mass is 432 g/mol. The SMILES string of the molecule is C/C=C(/c1ccc([C@H](C)Nc2ncc3ccc(=O)n(C(C)C)c3n2)cc1)N1CCNCC1. The lowest BCUT2D eigenvalue weighted by Crippen LogP contribution is -2.42. The molecule has 2 aromatic heterocycles. The molecular weight excluding hydrogens is 400 g/mol. The van der Waals surface area contributed by atoms with E-state index < -0.39 is 0 Å². The highest BCUT2D eigenvalue weighted by Crippen LogP contribution is 2.24. The van der Waals surface area contributed by atoms with Crippen molar-refractivity contribution in [2.24, 2.45) is 0 Å². The fourth-order valence-corrected chi connectivity index (χ4v) is 4.26. The Morgan fingerprint density at radius 2 is 1.81 bits per heavy atom. The lowest BCUT2D eigenvalue weighted by Gasteiger charge is -2.32. The number of piperazine rings is 1. The van der Waals surface area contributed by atoms with Crippen LogP contribution in [0.25, 0.3) is 16.7 Å². The Balaban J connectivity index is 1.54. The Morgan fingerprint density at radius 1 is 1.09 bits per heavy atom. The van der Waals surface area contributed by atoms with Crippen molar-refractivity contribution < 1.29 is 0 Å². The molecule has 0 saturated carbocycles. The zero-order valence-electron chi connectivity index (χ0n) is 19.3. The Morgan fingerprint density at radius 3 is 2.47 bits per heavy atom. The van der Waals surface area contributed by atoms with E-state index in [1.54, 1.807) is 22.9 Å². The summed E-state index contributed by atoms with van der Waals surface area (Å²) in [6.07, 6.45) is 3.96. The summed E-state index contributed by atoms with van der Waals surface area (Å²) < 4.78 is 1.70. The second-order valence-electron chi connectivity index (χ2n) is 8.51. The summed E-state index contributed by atoms with van der Waals surface area (Å²) in [5.41, 5.74) is 4.27. The molecule has 1 atom stereocenters. The first kappa shape index (κ1) is 22.0. The van der Waals surface area contributed by atoms with Crippen molar-refractivity contribution in [3.05, 3.63) is 70.2 Å². The highest BCUT2D eigenvalue weighted by atomic mass is 16.1. The summed E-state index contributed by atoms with van der Waals surface area (Å²) in [5, 5.41) is 7.65. The number of allylic oxidation sites excluding steroid dienone is 1. The molecule has 0 bridgehead atoms. The molecule has 0 radical (unpaired) electrons. The van der Waals surface area contributed by atoms with Gasteiger partial charge in [0.05, 0.1) is 6.04 Å². The minimum Gasteiger partial charge on any atom is -0.369 e. The third-order valence-corrected chi connectivity index (χ3v) is 5.97. The molecular formula is C25H32N6O. The van der Waals surface area contributed by atoms with E-state index in [2.05, 4.69) is 69.7 Å². The van der Waals surface area contributed by atoms with Crippen molar-refractivity contribution in [1.29, 1.82) is 0 Å². The molecule has 3 heterocycles.